The highest BCUT2D eigenvalue weighted by molar-refractivity contribution is 8.01. The number of allylic oxidation sites excluding steroid dienone is 1. The summed E-state index contributed by atoms with van der Waals surface area (Å²) in [5.74, 6) is -3.26. The molecule has 0 fully saturated rings. The molecule has 0 saturated heterocycles. The molecule has 0 heterocycles. The maximum absolute atomic E-state index is 12.6. The Bertz CT molecular complexity index is 119. The highest BCUT2D eigenvalue weighted by Crippen LogP contribution is 2.25. The summed E-state index contributed by atoms with van der Waals surface area (Å²) in [6, 6.07) is 0. The minimum Gasteiger partial charge on any atom is -0.202 e. The van der Waals surface area contributed by atoms with Crippen LogP contribution < -0.4 is 0 Å². The van der Waals surface area contributed by atoms with Gasteiger partial charge in [-0.1, -0.05) is 13.8 Å². The first kappa shape index (κ1) is 9.95. The lowest BCUT2D eigenvalue weighted by atomic mass is 10.1. The van der Waals surface area contributed by atoms with Crippen LogP contribution >= 0.6 is 11.8 Å². The van der Waals surface area contributed by atoms with Gasteiger partial charge < -0.3 is 0 Å². The first-order valence-corrected chi connectivity index (χ1v) is 4.38. The van der Waals surface area contributed by atoms with E-state index in [1.54, 1.807) is 6.26 Å². The molecular weight excluding hydrogens is 154 g/mol. The van der Waals surface area contributed by atoms with Crippen LogP contribution in [0.2, 0.25) is 0 Å². The Morgan fingerprint density at radius 1 is 1.40 bits per heavy atom. The van der Waals surface area contributed by atoms with Crippen LogP contribution in [0.5, 0.6) is 0 Å². The van der Waals surface area contributed by atoms with Crippen LogP contribution in [-0.2, 0) is 0 Å². The Morgan fingerprint density at radius 3 is 2.20 bits per heavy atom. The number of alkyl halides is 2. The van der Waals surface area contributed by atoms with Crippen LogP contribution in [0.1, 0.15) is 13.8 Å². The van der Waals surface area contributed by atoms with E-state index < -0.39 is 11.8 Å². The van der Waals surface area contributed by atoms with Crippen molar-refractivity contribution in [2.75, 3.05) is 6.26 Å². The zero-order valence-electron chi connectivity index (χ0n) is 6.40. The van der Waals surface area contributed by atoms with Gasteiger partial charge in [-0.3, -0.25) is 0 Å². The van der Waals surface area contributed by atoms with E-state index in [0.29, 0.717) is 0 Å². The van der Waals surface area contributed by atoms with E-state index in [2.05, 4.69) is 0 Å². The largest absolute Gasteiger partial charge is 0.269 e. The number of hydrogen-bond donors (Lipinski definition) is 0. The van der Waals surface area contributed by atoms with E-state index >= 15 is 0 Å². The summed E-state index contributed by atoms with van der Waals surface area (Å²) in [5.41, 5.74) is 0. The molecule has 60 valence electrons. The number of halogens is 2. The molecule has 0 aromatic heterocycles. The van der Waals surface area contributed by atoms with Crippen molar-refractivity contribution in [3.8, 4) is 0 Å². The molecule has 0 aliphatic rings. The molecule has 0 N–H and O–H groups in total. The molecule has 0 aromatic rings. The molecule has 0 spiro atoms. The van der Waals surface area contributed by atoms with Gasteiger partial charge in [0.25, 0.3) is 5.92 Å². The van der Waals surface area contributed by atoms with Crippen molar-refractivity contribution >= 4 is 11.8 Å². The van der Waals surface area contributed by atoms with Gasteiger partial charge in [0.1, 0.15) is 0 Å². The smallest absolute Gasteiger partial charge is 0.202 e. The van der Waals surface area contributed by atoms with Crippen molar-refractivity contribution in [1.29, 1.82) is 0 Å². The van der Waals surface area contributed by atoms with Gasteiger partial charge in [-0.05, 0) is 17.7 Å². The minimum absolute atomic E-state index is 0.615. The standard InChI is InChI=1S/C7H12F2S/c1-6(2)7(8,9)4-5-10-3/h4-6H,1-3H3/b5-4-. The summed E-state index contributed by atoms with van der Waals surface area (Å²) in [4.78, 5) is 0. The second kappa shape index (κ2) is 3.96. The normalized spacial score (nSPS) is 13.4. The van der Waals surface area contributed by atoms with Crippen molar-refractivity contribution in [1.82, 2.24) is 0 Å². The molecule has 0 rings (SSSR count). The maximum Gasteiger partial charge on any atom is 0.269 e. The van der Waals surface area contributed by atoms with E-state index in [1.807, 2.05) is 0 Å². The van der Waals surface area contributed by atoms with Crippen molar-refractivity contribution in [3.63, 3.8) is 0 Å². The maximum atomic E-state index is 12.6. The monoisotopic (exact) mass is 166 g/mol. The minimum atomic E-state index is -2.65. The van der Waals surface area contributed by atoms with Crippen molar-refractivity contribution in [2.45, 2.75) is 19.8 Å². The van der Waals surface area contributed by atoms with E-state index in [-0.39, 0.29) is 0 Å². The molecule has 0 atom stereocenters. The third-order valence-electron chi connectivity index (χ3n) is 1.20. The Labute approximate surface area is 64.7 Å². The van der Waals surface area contributed by atoms with Gasteiger partial charge in [-0.2, -0.15) is 0 Å². The second-order valence-electron chi connectivity index (χ2n) is 2.37. The SMILES string of the molecule is CS/C=C\C(F)(F)C(C)C. The zero-order valence-corrected chi connectivity index (χ0v) is 7.21. The molecule has 0 amide bonds. The Kier molecular flexibility index (Phi) is 3.94. The molecule has 0 bridgehead atoms. The summed E-state index contributed by atoms with van der Waals surface area (Å²) in [7, 11) is 0. The van der Waals surface area contributed by atoms with E-state index in [4.69, 9.17) is 0 Å². The fraction of sp³-hybridized carbons (Fsp3) is 0.714. The molecule has 0 unspecified atom stereocenters. The van der Waals surface area contributed by atoms with Crippen LogP contribution in [0.15, 0.2) is 11.5 Å². The second-order valence-corrected chi connectivity index (χ2v) is 3.11. The molecule has 3 heteroatoms. The lowest BCUT2D eigenvalue weighted by molar-refractivity contribution is 0.00650. The fourth-order valence-corrected chi connectivity index (χ4v) is 0.669. The van der Waals surface area contributed by atoms with Crippen LogP contribution in [0.25, 0.3) is 0 Å². The van der Waals surface area contributed by atoms with E-state index in [0.717, 1.165) is 6.08 Å². The zero-order chi connectivity index (χ0) is 8.20. The van der Waals surface area contributed by atoms with Crippen molar-refractivity contribution in [3.05, 3.63) is 11.5 Å². The third-order valence-corrected chi connectivity index (χ3v) is 1.60. The highest BCUT2D eigenvalue weighted by atomic mass is 32.2. The summed E-state index contributed by atoms with van der Waals surface area (Å²) in [6.45, 7) is 3.01. The molecule has 0 radical (unpaired) electrons. The van der Waals surface area contributed by atoms with Gasteiger partial charge in [0.2, 0.25) is 0 Å². The van der Waals surface area contributed by atoms with Crippen molar-refractivity contribution in [2.24, 2.45) is 5.92 Å². The van der Waals surface area contributed by atoms with Gasteiger partial charge in [0, 0.05) is 5.92 Å². The fourth-order valence-electron chi connectivity index (χ4n) is 0.351. The lowest BCUT2D eigenvalue weighted by Crippen LogP contribution is -2.19. The number of hydrogen-bond acceptors (Lipinski definition) is 1. The highest BCUT2D eigenvalue weighted by Gasteiger charge is 2.29. The average Bonchev–Trinajstić information content (AvgIpc) is 1.84. The average molecular weight is 166 g/mol. The van der Waals surface area contributed by atoms with E-state index in [9.17, 15) is 8.78 Å². The quantitative estimate of drug-likeness (QED) is 0.620. The van der Waals surface area contributed by atoms with Crippen LogP contribution in [0.4, 0.5) is 8.78 Å². The molecule has 0 aliphatic carbocycles. The molecular formula is C7H12F2S. The predicted octanol–water partition coefficient (Wildman–Crippen LogP) is 3.15. The van der Waals surface area contributed by atoms with Gasteiger partial charge in [0.15, 0.2) is 0 Å². The molecule has 0 aliphatic heterocycles. The van der Waals surface area contributed by atoms with Crippen LogP contribution in [-0.4, -0.2) is 12.2 Å². The molecule has 10 heavy (non-hydrogen) atoms. The molecule has 0 saturated carbocycles. The van der Waals surface area contributed by atoms with E-state index in [1.165, 1.54) is 31.0 Å². The summed E-state index contributed by atoms with van der Waals surface area (Å²) in [5, 5.41) is 1.42. The Hall–Kier alpha value is -0.0500. The van der Waals surface area contributed by atoms with Gasteiger partial charge in [-0.15, -0.1) is 11.8 Å². The topological polar surface area (TPSA) is 0 Å². The van der Waals surface area contributed by atoms with Crippen LogP contribution in [0, 0.1) is 5.92 Å². The summed E-state index contributed by atoms with van der Waals surface area (Å²) in [6.07, 6.45) is 2.70. The number of rotatable bonds is 3. The molecule has 0 aromatic carbocycles. The molecule has 0 nitrogen and oxygen atoms in total. The predicted molar refractivity (Wildman–Crippen MR) is 42.4 cm³/mol. The van der Waals surface area contributed by atoms with Gasteiger partial charge >= 0.3 is 0 Å². The first-order valence-electron chi connectivity index (χ1n) is 3.09. The summed E-state index contributed by atoms with van der Waals surface area (Å²) < 4.78 is 25.3. The Balaban J connectivity index is 3.98. The first-order chi connectivity index (χ1) is 4.50. The summed E-state index contributed by atoms with van der Waals surface area (Å²) >= 11 is 1.29. The Morgan fingerprint density at radius 2 is 1.90 bits per heavy atom. The van der Waals surface area contributed by atoms with Gasteiger partial charge in [0.05, 0.1) is 0 Å². The third kappa shape index (κ3) is 3.20. The number of thioether (sulfide) groups is 1. The van der Waals surface area contributed by atoms with Crippen molar-refractivity contribution < 1.29 is 8.78 Å². The van der Waals surface area contributed by atoms with Gasteiger partial charge in [-0.25, -0.2) is 8.78 Å². The lowest BCUT2D eigenvalue weighted by Gasteiger charge is -2.14. The van der Waals surface area contributed by atoms with Crippen LogP contribution in [0.3, 0.4) is 0 Å².